The minimum atomic E-state index is 0.810. The molecule has 3 aliphatic rings. The number of fused-ring (bicyclic) bond motifs is 2. The lowest BCUT2D eigenvalue weighted by molar-refractivity contribution is 0.125. The van der Waals surface area contributed by atoms with E-state index in [4.69, 9.17) is 4.74 Å². The van der Waals surface area contributed by atoms with Crippen LogP contribution in [0.1, 0.15) is 32.1 Å². The van der Waals surface area contributed by atoms with Gasteiger partial charge >= 0.3 is 0 Å². The fraction of sp³-hybridized carbons (Fsp3) is 1.00. The van der Waals surface area contributed by atoms with Crippen LogP contribution in [-0.2, 0) is 4.74 Å². The highest BCUT2D eigenvalue weighted by Gasteiger charge is 2.38. The Morgan fingerprint density at radius 1 is 1.19 bits per heavy atom. The molecular weight excluding hydrogens is 200 g/mol. The topological polar surface area (TPSA) is 33.3 Å². The third-order valence-electron chi connectivity index (χ3n) is 4.31. The maximum Gasteiger partial charge on any atom is 0.0591 e. The van der Waals surface area contributed by atoms with Crippen molar-refractivity contribution >= 4 is 0 Å². The van der Waals surface area contributed by atoms with Crippen molar-refractivity contribution in [3.05, 3.63) is 0 Å². The Hall–Kier alpha value is -0.120. The van der Waals surface area contributed by atoms with Gasteiger partial charge in [0.1, 0.15) is 0 Å². The van der Waals surface area contributed by atoms with Gasteiger partial charge in [-0.2, -0.15) is 0 Å². The Balaban J connectivity index is 1.21. The van der Waals surface area contributed by atoms with E-state index < -0.39 is 0 Å². The molecule has 2 aliphatic heterocycles. The van der Waals surface area contributed by atoms with Crippen LogP contribution < -0.4 is 10.6 Å². The summed E-state index contributed by atoms with van der Waals surface area (Å²) in [5.74, 6) is 1.77. The lowest BCUT2D eigenvalue weighted by Gasteiger charge is -2.20. The number of hydrogen-bond donors (Lipinski definition) is 2. The van der Waals surface area contributed by atoms with Crippen molar-refractivity contribution in [1.29, 1.82) is 0 Å². The first-order valence-electron chi connectivity index (χ1n) is 6.96. The van der Waals surface area contributed by atoms with Gasteiger partial charge in [0, 0.05) is 25.2 Å². The van der Waals surface area contributed by atoms with Crippen LogP contribution in [0, 0.1) is 11.8 Å². The van der Waals surface area contributed by atoms with Gasteiger partial charge in [0.05, 0.1) is 6.61 Å². The summed E-state index contributed by atoms with van der Waals surface area (Å²) < 4.78 is 5.61. The Morgan fingerprint density at radius 2 is 2.12 bits per heavy atom. The molecule has 16 heavy (non-hydrogen) atoms. The summed E-state index contributed by atoms with van der Waals surface area (Å²) in [5.41, 5.74) is 0. The standard InChI is InChI=1S/C13H24N2O/c1-2-10(1)9-16-6-5-14-8-11-7-12-3-4-13(11)15-12/h10-15H,1-9H2. The number of ether oxygens (including phenoxy) is 1. The van der Waals surface area contributed by atoms with Crippen molar-refractivity contribution in [3.8, 4) is 0 Å². The molecule has 2 heterocycles. The Kier molecular flexibility index (Phi) is 3.46. The molecule has 1 saturated carbocycles. The minimum Gasteiger partial charge on any atom is -0.380 e. The van der Waals surface area contributed by atoms with Crippen molar-refractivity contribution in [2.24, 2.45) is 11.8 Å². The van der Waals surface area contributed by atoms with Crippen LogP contribution in [0.25, 0.3) is 0 Å². The highest BCUT2D eigenvalue weighted by atomic mass is 16.5. The Morgan fingerprint density at radius 3 is 2.81 bits per heavy atom. The zero-order valence-electron chi connectivity index (χ0n) is 10.1. The smallest absolute Gasteiger partial charge is 0.0591 e. The first kappa shape index (κ1) is 11.0. The first-order valence-corrected chi connectivity index (χ1v) is 6.96. The van der Waals surface area contributed by atoms with Crippen LogP contribution in [0.5, 0.6) is 0 Å². The molecule has 2 N–H and O–H groups in total. The summed E-state index contributed by atoms with van der Waals surface area (Å²) in [6, 6.07) is 1.65. The SMILES string of the molecule is C(COCC1CC1)NCC1CC2CCC1N2. The van der Waals surface area contributed by atoms with Gasteiger partial charge in [-0.1, -0.05) is 0 Å². The molecule has 3 heteroatoms. The molecule has 3 atom stereocenters. The van der Waals surface area contributed by atoms with Gasteiger partial charge in [-0.25, -0.2) is 0 Å². The summed E-state index contributed by atoms with van der Waals surface area (Å²) in [4.78, 5) is 0. The maximum absolute atomic E-state index is 5.61. The second-order valence-electron chi connectivity index (χ2n) is 5.77. The fourth-order valence-electron chi connectivity index (χ4n) is 3.13. The van der Waals surface area contributed by atoms with Gasteiger partial charge < -0.3 is 15.4 Å². The van der Waals surface area contributed by atoms with Crippen LogP contribution in [-0.4, -0.2) is 38.4 Å². The van der Waals surface area contributed by atoms with Gasteiger partial charge in [-0.3, -0.25) is 0 Å². The van der Waals surface area contributed by atoms with E-state index in [-0.39, 0.29) is 0 Å². The van der Waals surface area contributed by atoms with E-state index in [0.717, 1.165) is 43.7 Å². The molecule has 0 amide bonds. The highest BCUT2D eigenvalue weighted by molar-refractivity contribution is 4.97. The van der Waals surface area contributed by atoms with E-state index in [9.17, 15) is 0 Å². The molecule has 3 rings (SSSR count). The Labute approximate surface area is 98.3 Å². The predicted octanol–water partition coefficient (Wildman–Crippen LogP) is 1.14. The minimum absolute atomic E-state index is 0.810. The summed E-state index contributed by atoms with van der Waals surface area (Å²) >= 11 is 0. The normalized spacial score (nSPS) is 37.1. The van der Waals surface area contributed by atoms with Gasteiger partial charge in [0.15, 0.2) is 0 Å². The summed E-state index contributed by atoms with van der Waals surface area (Å²) in [7, 11) is 0. The first-order chi connectivity index (χ1) is 7.92. The van der Waals surface area contributed by atoms with E-state index in [1.807, 2.05) is 0 Å². The highest BCUT2D eigenvalue weighted by Crippen LogP contribution is 2.32. The Bertz CT molecular complexity index is 230. The molecule has 0 aromatic carbocycles. The quantitative estimate of drug-likeness (QED) is 0.636. The van der Waals surface area contributed by atoms with Crippen LogP contribution in [0.2, 0.25) is 0 Å². The molecule has 3 unspecified atom stereocenters. The van der Waals surface area contributed by atoms with Crippen LogP contribution in [0.3, 0.4) is 0 Å². The maximum atomic E-state index is 5.61. The summed E-state index contributed by atoms with van der Waals surface area (Å²) in [6.45, 7) is 4.10. The van der Waals surface area contributed by atoms with E-state index in [2.05, 4.69) is 10.6 Å². The largest absolute Gasteiger partial charge is 0.380 e. The average Bonchev–Trinajstić information content (AvgIpc) is 2.88. The molecule has 2 saturated heterocycles. The molecule has 0 spiro atoms. The average molecular weight is 224 g/mol. The van der Waals surface area contributed by atoms with Gasteiger partial charge in [-0.15, -0.1) is 0 Å². The van der Waals surface area contributed by atoms with Crippen LogP contribution >= 0.6 is 0 Å². The van der Waals surface area contributed by atoms with Crippen molar-refractivity contribution in [2.45, 2.75) is 44.2 Å². The molecule has 0 radical (unpaired) electrons. The lowest BCUT2D eigenvalue weighted by Crippen LogP contribution is -2.33. The second-order valence-corrected chi connectivity index (χ2v) is 5.77. The molecule has 0 aromatic heterocycles. The third kappa shape index (κ3) is 2.76. The molecule has 2 bridgehead atoms. The van der Waals surface area contributed by atoms with Crippen LogP contribution in [0.4, 0.5) is 0 Å². The zero-order chi connectivity index (χ0) is 10.8. The van der Waals surface area contributed by atoms with Crippen molar-refractivity contribution in [2.75, 3.05) is 26.3 Å². The molecule has 1 aliphatic carbocycles. The van der Waals surface area contributed by atoms with E-state index in [1.54, 1.807) is 0 Å². The van der Waals surface area contributed by atoms with E-state index in [1.165, 1.54) is 38.6 Å². The van der Waals surface area contributed by atoms with E-state index in [0.29, 0.717) is 0 Å². The zero-order valence-corrected chi connectivity index (χ0v) is 10.1. The summed E-state index contributed by atoms with van der Waals surface area (Å²) in [6.07, 6.45) is 6.98. The molecule has 3 nitrogen and oxygen atoms in total. The second kappa shape index (κ2) is 5.03. The number of nitrogens with one attached hydrogen (secondary N) is 2. The third-order valence-corrected chi connectivity index (χ3v) is 4.31. The predicted molar refractivity (Wildman–Crippen MR) is 64.5 cm³/mol. The van der Waals surface area contributed by atoms with E-state index >= 15 is 0 Å². The molecule has 3 fully saturated rings. The fourth-order valence-corrected chi connectivity index (χ4v) is 3.13. The van der Waals surface area contributed by atoms with Crippen molar-refractivity contribution in [1.82, 2.24) is 10.6 Å². The molecule has 92 valence electrons. The van der Waals surface area contributed by atoms with Crippen molar-refractivity contribution < 1.29 is 4.74 Å². The monoisotopic (exact) mass is 224 g/mol. The van der Waals surface area contributed by atoms with Gasteiger partial charge in [0.25, 0.3) is 0 Å². The lowest BCUT2D eigenvalue weighted by atomic mass is 9.89. The number of rotatable bonds is 7. The summed E-state index contributed by atoms with van der Waals surface area (Å²) in [5, 5.41) is 7.22. The number of hydrogen-bond acceptors (Lipinski definition) is 3. The molecular formula is C13H24N2O. The van der Waals surface area contributed by atoms with Gasteiger partial charge in [0.2, 0.25) is 0 Å². The van der Waals surface area contributed by atoms with Gasteiger partial charge in [-0.05, 0) is 50.5 Å². The van der Waals surface area contributed by atoms with Crippen molar-refractivity contribution in [3.63, 3.8) is 0 Å². The van der Waals surface area contributed by atoms with Crippen LogP contribution in [0.15, 0.2) is 0 Å². The molecule has 0 aromatic rings.